The SMILES string of the molecule is O=C(Nc1ccc2ccccc2c1)C(=O)N(CCO)Cc1ccccc1. The average molecular weight is 348 g/mol. The molecule has 0 atom stereocenters. The number of anilines is 1. The first kappa shape index (κ1) is 17.6. The van der Waals surface area contributed by atoms with Crippen molar-refractivity contribution in [2.24, 2.45) is 0 Å². The second kappa shape index (κ2) is 8.27. The Kier molecular flexibility index (Phi) is 5.61. The van der Waals surface area contributed by atoms with Crippen molar-refractivity contribution >= 4 is 28.3 Å². The summed E-state index contributed by atoms with van der Waals surface area (Å²) in [6.45, 7) is 0.159. The zero-order valence-electron chi connectivity index (χ0n) is 14.3. The highest BCUT2D eigenvalue weighted by molar-refractivity contribution is 6.39. The molecule has 0 radical (unpaired) electrons. The van der Waals surface area contributed by atoms with Gasteiger partial charge in [-0.2, -0.15) is 0 Å². The van der Waals surface area contributed by atoms with Crippen LogP contribution >= 0.6 is 0 Å². The fraction of sp³-hybridized carbons (Fsp3) is 0.143. The number of aliphatic hydroxyl groups is 1. The number of hydrogen-bond acceptors (Lipinski definition) is 3. The van der Waals surface area contributed by atoms with Gasteiger partial charge in [0.2, 0.25) is 0 Å². The first-order chi connectivity index (χ1) is 12.7. The predicted octanol–water partition coefficient (Wildman–Crippen LogP) is 2.80. The van der Waals surface area contributed by atoms with Crippen LogP contribution in [0.15, 0.2) is 72.8 Å². The molecule has 5 nitrogen and oxygen atoms in total. The molecule has 0 aliphatic heterocycles. The summed E-state index contributed by atoms with van der Waals surface area (Å²) in [5.74, 6) is -1.39. The summed E-state index contributed by atoms with van der Waals surface area (Å²) in [4.78, 5) is 26.2. The van der Waals surface area contributed by atoms with E-state index in [0.717, 1.165) is 16.3 Å². The summed E-state index contributed by atoms with van der Waals surface area (Å²) in [6, 6.07) is 22.6. The molecular weight excluding hydrogens is 328 g/mol. The lowest BCUT2D eigenvalue weighted by Gasteiger charge is -2.21. The molecule has 3 rings (SSSR count). The van der Waals surface area contributed by atoms with Gasteiger partial charge in [0.05, 0.1) is 6.61 Å². The summed E-state index contributed by atoms with van der Waals surface area (Å²) < 4.78 is 0. The van der Waals surface area contributed by atoms with Crippen LogP contribution in [-0.2, 0) is 16.1 Å². The summed E-state index contributed by atoms with van der Waals surface area (Å²) in [6.07, 6.45) is 0. The number of fused-ring (bicyclic) bond motifs is 1. The van der Waals surface area contributed by atoms with Gasteiger partial charge in [0, 0.05) is 18.8 Å². The molecule has 5 heteroatoms. The lowest BCUT2D eigenvalue weighted by atomic mass is 10.1. The maximum absolute atomic E-state index is 12.5. The van der Waals surface area contributed by atoms with Gasteiger partial charge in [-0.05, 0) is 28.5 Å². The fourth-order valence-electron chi connectivity index (χ4n) is 2.77. The minimum absolute atomic E-state index is 0.0961. The maximum atomic E-state index is 12.5. The summed E-state index contributed by atoms with van der Waals surface area (Å²) in [5, 5.41) is 13.9. The van der Waals surface area contributed by atoms with Crippen LogP contribution in [0, 0.1) is 0 Å². The minimum atomic E-state index is -0.718. The third kappa shape index (κ3) is 4.26. The van der Waals surface area contributed by atoms with Gasteiger partial charge in [0.15, 0.2) is 0 Å². The van der Waals surface area contributed by atoms with Crippen molar-refractivity contribution in [3.05, 3.63) is 78.4 Å². The molecule has 0 heterocycles. The van der Waals surface area contributed by atoms with E-state index in [1.165, 1.54) is 4.90 Å². The molecule has 0 spiro atoms. The van der Waals surface area contributed by atoms with E-state index in [4.69, 9.17) is 0 Å². The van der Waals surface area contributed by atoms with Crippen molar-refractivity contribution in [1.29, 1.82) is 0 Å². The van der Waals surface area contributed by atoms with Gasteiger partial charge in [-0.15, -0.1) is 0 Å². The molecule has 26 heavy (non-hydrogen) atoms. The smallest absolute Gasteiger partial charge is 0.313 e. The molecule has 0 aliphatic rings. The Labute approximate surface area is 151 Å². The van der Waals surface area contributed by atoms with Crippen LogP contribution in [0.5, 0.6) is 0 Å². The molecule has 0 fully saturated rings. The van der Waals surface area contributed by atoms with Gasteiger partial charge in [-0.3, -0.25) is 9.59 Å². The number of carbonyl (C=O) groups excluding carboxylic acids is 2. The number of hydrogen-bond donors (Lipinski definition) is 2. The predicted molar refractivity (Wildman–Crippen MR) is 102 cm³/mol. The van der Waals surface area contributed by atoms with E-state index in [9.17, 15) is 14.7 Å². The standard InChI is InChI=1S/C21H20N2O3/c24-13-12-23(15-16-6-2-1-3-7-16)21(26)20(25)22-19-11-10-17-8-4-5-9-18(17)14-19/h1-11,14,24H,12-13,15H2,(H,22,25). The Morgan fingerprint density at radius 1 is 0.885 bits per heavy atom. The van der Waals surface area contributed by atoms with E-state index in [2.05, 4.69) is 5.32 Å². The lowest BCUT2D eigenvalue weighted by Crippen LogP contribution is -2.40. The highest BCUT2D eigenvalue weighted by Crippen LogP contribution is 2.19. The molecule has 3 aromatic rings. The number of nitrogens with one attached hydrogen (secondary N) is 1. The van der Waals surface area contributed by atoms with Crippen molar-refractivity contribution < 1.29 is 14.7 Å². The Morgan fingerprint density at radius 3 is 2.31 bits per heavy atom. The molecule has 0 unspecified atom stereocenters. The molecule has 0 bridgehead atoms. The Hall–Kier alpha value is -3.18. The van der Waals surface area contributed by atoms with Crippen LogP contribution in [0.2, 0.25) is 0 Å². The summed E-state index contributed by atoms with van der Waals surface area (Å²) >= 11 is 0. The molecule has 0 saturated heterocycles. The third-order valence-corrected chi connectivity index (χ3v) is 4.07. The van der Waals surface area contributed by atoms with Crippen molar-refractivity contribution in [1.82, 2.24) is 4.90 Å². The van der Waals surface area contributed by atoms with E-state index in [1.54, 1.807) is 6.07 Å². The van der Waals surface area contributed by atoms with Crippen molar-refractivity contribution in [2.75, 3.05) is 18.5 Å². The van der Waals surface area contributed by atoms with Crippen molar-refractivity contribution in [2.45, 2.75) is 6.54 Å². The summed E-state index contributed by atoms with van der Waals surface area (Å²) in [5.41, 5.74) is 1.46. The van der Waals surface area contributed by atoms with Gasteiger partial charge in [0.1, 0.15) is 0 Å². The van der Waals surface area contributed by atoms with Crippen LogP contribution in [0.4, 0.5) is 5.69 Å². The van der Waals surface area contributed by atoms with Crippen LogP contribution < -0.4 is 5.32 Å². The largest absolute Gasteiger partial charge is 0.395 e. The summed E-state index contributed by atoms with van der Waals surface area (Å²) in [7, 11) is 0. The van der Waals surface area contributed by atoms with E-state index in [1.807, 2.05) is 66.7 Å². The van der Waals surface area contributed by atoms with E-state index < -0.39 is 11.8 Å². The lowest BCUT2D eigenvalue weighted by molar-refractivity contribution is -0.143. The Morgan fingerprint density at radius 2 is 1.58 bits per heavy atom. The number of aliphatic hydroxyl groups excluding tert-OH is 1. The molecule has 2 amide bonds. The van der Waals surface area contributed by atoms with E-state index >= 15 is 0 Å². The molecular formula is C21H20N2O3. The molecule has 0 saturated carbocycles. The van der Waals surface area contributed by atoms with Crippen LogP contribution in [0.3, 0.4) is 0 Å². The van der Waals surface area contributed by atoms with Crippen molar-refractivity contribution in [3.63, 3.8) is 0 Å². The zero-order valence-corrected chi connectivity index (χ0v) is 14.3. The van der Waals surface area contributed by atoms with Gasteiger partial charge in [0.25, 0.3) is 0 Å². The van der Waals surface area contributed by atoms with E-state index in [-0.39, 0.29) is 19.7 Å². The van der Waals surface area contributed by atoms with E-state index in [0.29, 0.717) is 5.69 Å². The highest BCUT2D eigenvalue weighted by atomic mass is 16.3. The molecule has 0 aromatic heterocycles. The number of amides is 2. The second-order valence-electron chi connectivity index (χ2n) is 5.95. The quantitative estimate of drug-likeness (QED) is 0.697. The maximum Gasteiger partial charge on any atom is 0.313 e. The van der Waals surface area contributed by atoms with Gasteiger partial charge in [-0.25, -0.2) is 0 Å². The number of carbonyl (C=O) groups is 2. The van der Waals surface area contributed by atoms with Crippen LogP contribution in [-0.4, -0.2) is 35.0 Å². The fourth-order valence-corrected chi connectivity index (χ4v) is 2.77. The Balaban J connectivity index is 1.72. The first-order valence-corrected chi connectivity index (χ1v) is 8.41. The topological polar surface area (TPSA) is 69.6 Å². The van der Waals surface area contributed by atoms with Gasteiger partial charge >= 0.3 is 11.8 Å². The van der Waals surface area contributed by atoms with Crippen LogP contribution in [0.25, 0.3) is 10.8 Å². The first-order valence-electron chi connectivity index (χ1n) is 8.41. The van der Waals surface area contributed by atoms with Crippen molar-refractivity contribution in [3.8, 4) is 0 Å². The molecule has 0 aliphatic carbocycles. The average Bonchev–Trinajstić information content (AvgIpc) is 2.68. The molecule has 132 valence electrons. The third-order valence-electron chi connectivity index (χ3n) is 4.07. The molecule has 2 N–H and O–H groups in total. The van der Waals surface area contributed by atoms with Gasteiger partial charge in [-0.1, -0.05) is 60.7 Å². The van der Waals surface area contributed by atoms with Gasteiger partial charge < -0.3 is 15.3 Å². The second-order valence-corrected chi connectivity index (χ2v) is 5.95. The highest BCUT2D eigenvalue weighted by Gasteiger charge is 2.21. The minimum Gasteiger partial charge on any atom is -0.395 e. The Bertz CT molecular complexity index is 909. The number of nitrogens with zero attached hydrogens (tertiary/aromatic N) is 1. The molecule has 3 aromatic carbocycles. The monoisotopic (exact) mass is 348 g/mol. The van der Waals surface area contributed by atoms with Crippen LogP contribution in [0.1, 0.15) is 5.56 Å². The normalized spacial score (nSPS) is 10.5. The number of rotatable bonds is 5. The number of benzene rings is 3. The zero-order chi connectivity index (χ0) is 18.4.